The Morgan fingerprint density at radius 2 is 2.00 bits per heavy atom. The van der Waals surface area contributed by atoms with Gasteiger partial charge in [-0.2, -0.15) is 0 Å². The van der Waals surface area contributed by atoms with Crippen molar-refractivity contribution in [1.82, 2.24) is 0 Å². The molecule has 1 N–H and O–H groups in total. The Bertz CT molecular complexity index is 157. The molecular formula is C6H6O3. The summed E-state index contributed by atoms with van der Waals surface area (Å²) in [7, 11) is 0. The van der Waals surface area contributed by atoms with E-state index in [0.717, 1.165) is 0 Å². The number of rotatable bonds is 1. The standard InChI is InChI=1S/C6H6O3/c7-6(8)5-1-3-9-4-2-5/h1-5H,(H,7,8). The van der Waals surface area contributed by atoms with E-state index in [1.165, 1.54) is 24.7 Å². The second kappa shape index (κ2) is 2.35. The molecule has 0 bridgehead atoms. The normalized spacial score (nSPS) is 17.3. The Kier molecular flexibility index (Phi) is 1.53. The Morgan fingerprint density at radius 3 is 2.33 bits per heavy atom. The number of hydrogen-bond donors (Lipinski definition) is 1. The van der Waals surface area contributed by atoms with Gasteiger partial charge in [0, 0.05) is 0 Å². The van der Waals surface area contributed by atoms with Crippen LogP contribution in [0, 0.1) is 5.92 Å². The van der Waals surface area contributed by atoms with Crippen molar-refractivity contribution in [2.45, 2.75) is 0 Å². The molecule has 0 spiro atoms. The minimum atomic E-state index is -0.856. The number of carboxylic acid groups (broad SMARTS) is 1. The average Bonchev–Trinajstić information content (AvgIpc) is 1.90. The molecule has 0 amide bonds. The maximum absolute atomic E-state index is 10.2. The third-order valence-electron chi connectivity index (χ3n) is 1.01. The van der Waals surface area contributed by atoms with Crippen LogP contribution in [0.15, 0.2) is 24.7 Å². The molecule has 3 heteroatoms. The monoisotopic (exact) mass is 126 g/mol. The van der Waals surface area contributed by atoms with Crippen molar-refractivity contribution in [2.75, 3.05) is 0 Å². The Morgan fingerprint density at radius 1 is 1.44 bits per heavy atom. The molecule has 0 saturated carbocycles. The van der Waals surface area contributed by atoms with Crippen molar-refractivity contribution in [1.29, 1.82) is 0 Å². The predicted molar refractivity (Wildman–Crippen MR) is 30.5 cm³/mol. The van der Waals surface area contributed by atoms with Gasteiger partial charge in [0.25, 0.3) is 0 Å². The van der Waals surface area contributed by atoms with E-state index < -0.39 is 11.9 Å². The molecule has 0 unspecified atom stereocenters. The van der Waals surface area contributed by atoms with Crippen molar-refractivity contribution in [3.8, 4) is 0 Å². The van der Waals surface area contributed by atoms with Crippen molar-refractivity contribution >= 4 is 5.97 Å². The molecule has 0 aromatic rings. The van der Waals surface area contributed by atoms with E-state index in [-0.39, 0.29) is 0 Å². The molecule has 1 aliphatic heterocycles. The molecule has 3 nitrogen and oxygen atoms in total. The maximum atomic E-state index is 10.2. The predicted octanol–water partition coefficient (Wildman–Crippen LogP) is 0.745. The largest absolute Gasteiger partial charge is 0.481 e. The summed E-state index contributed by atoms with van der Waals surface area (Å²) in [6.45, 7) is 0. The Hall–Kier alpha value is -1.25. The average molecular weight is 126 g/mol. The highest BCUT2D eigenvalue weighted by Crippen LogP contribution is 2.06. The molecule has 9 heavy (non-hydrogen) atoms. The van der Waals surface area contributed by atoms with Crippen LogP contribution < -0.4 is 0 Å². The molecule has 0 saturated heterocycles. The SMILES string of the molecule is O=C(O)C1C=COC=C1. The second-order valence-corrected chi connectivity index (χ2v) is 1.66. The van der Waals surface area contributed by atoms with Crippen LogP contribution in [0.1, 0.15) is 0 Å². The first-order valence-corrected chi connectivity index (χ1v) is 2.52. The molecule has 1 heterocycles. The fourth-order valence-corrected chi connectivity index (χ4v) is 0.534. The molecule has 48 valence electrons. The van der Waals surface area contributed by atoms with Crippen molar-refractivity contribution in [3.05, 3.63) is 24.7 Å². The molecule has 0 fully saturated rings. The van der Waals surface area contributed by atoms with Crippen LogP contribution in [0.3, 0.4) is 0 Å². The lowest BCUT2D eigenvalue weighted by Gasteiger charge is -2.03. The van der Waals surface area contributed by atoms with Crippen molar-refractivity contribution in [2.24, 2.45) is 5.92 Å². The summed E-state index contributed by atoms with van der Waals surface area (Å²) in [5.74, 6) is -1.37. The minimum absolute atomic E-state index is 0.515. The van der Waals surface area contributed by atoms with Crippen LogP contribution in [-0.4, -0.2) is 11.1 Å². The van der Waals surface area contributed by atoms with Gasteiger partial charge in [-0.15, -0.1) is 0 Å². The van der Waals surface area contributed by atoms with E-state index in [0.29, 0.717) is 0 Å². The van der Waals surface area contributed by atoms with E-state index in [2.05, 4.69) is 4.74 Å². The Balaban J connectivity index is 2.60. The summed E-state index contributed by atoms with van der Waals surface area (Å²) in [4.78, 5) is 10.2. The smallest absolute Gasteiger partial charge is 0.314 e. The first-order valence-electron chi connectivity index (χ1n) is 2.52. The fraction of sp³-hybridized carbons (Fsp3) is 0.167. The first-order chi connectivity index (χ1) is 4.30. The van der Waals surface area contributed by atoms with Crippen LogP contribution in [0.25, 0.3) is 0 Å². The van der Waals surface area contributed by atoms with Gasteiger partial charge >= 0.3 is 5.97 Å². The lowest BCUT2D eigenvalue weighted by molar-refractivity contribution is -0.138. The summed E-state index contributed by atoms with van der Waals surface area (Å²) in [6.07, 6.45) is 5.67. The third-order valence-corrected chi connectivity index (χ3v) is 1.01. The zero-order valence-corrected chi connectivity index (χ0v) is 4.65. The van der Waals surface area contributed by atoms with E-state index in [1.807, 2.05) is 0 Å². The molecule has 1 rings (SSSR count). The summed E-state index contributed by atoms with van der Waals surface area (Å²) >= 11 is 0. The molecule has 0 atom stereocenters. The van der Waals surface area contributed by atoms with Gasteiger partial charge in [-0.3, -0.25) is 4.79 Å². The van der Waals surface area contributed by atoms with Gasteiger partial charge in [0.2, 0.25) is 0 Å². The highest BCUT2D eigenvalue weighted by Gasteiger charge is 2.10. The topological polar surface area (TPSA) is 46.5 Å². The third kappa shape index (κ3) is 1.32. The second-order valence-electron chi connectivity index (χ2n) is 1.66. The zero-order valence-electron chi connectivity index (χ0n) is 4.65. The van der Waals surface area contributed by atoms with Crippen LogP contribution in [0.5, 0.6) is 0 Å². The molecule has 0 aromatic carbocycles. The maximum Gasteiger partial charge on any atom is 0.314 e. The number of carbonyl (C=O) groups is 1. The molecule has 1 aliphatic rings. The van der Waals surface area contributed by atoms with E-state index in [4.69, 9.17) is 5.11 Å². The van der Waals surface area contributed by atoms with Crippen molar-refractivity contribution in [3.63, 3.8) is 0 Å². The minimum Gasteiger partial charge on any atom is -0.481 e. The van der Waals surface area contributed by atoms with E-state index in [9.17, 15) is 4.79 Å². The lowest BCUT2D eigenvalue weighted by Crippen LogP contribution is -2.09. The van der Waals surface area contributed by atoms with Gasteiger partial charge in [-0.1, -0.05) is 0 Å². The van der Waals surface area contributed by atoms with Crippen LogP contribution in [0.4, 0.5) is 0 Å². The number of carboxylic acids is 1. The van der Waals surface area contributed by atoms with Crippen LogP contribution in [0.2, 0.25) is 0 Å². The van der Waals surface area contributed by atoms with E-state index in [1.54, 1.807) is 0 Å². The van der Waals surface area contributed by atoms with Crippen molar-refractivity contribution < 1.29 is 14.6 Å². The van der Waals surface area contributed by atoms with Gasteiger partial charge < -0.3 is 9.84 Å². The summed E-state index contributed by atoms with van der Waals surface area (Å²) in [6, 6.07) is 0. The highest BCUT2D eigenvalue weighted by molar-refractivity contribution is 5.74. The van der Waals surface area contributed by atoms with E-state index >= 15 is 0 Å². The lowest BCUT2D eigenvalue weighted by atomic mass is 10.1. The molecule has 0 radical (unpaired) electrons. The highest BCUT2D eigenvalue weighted by atomic mass is 16.5. The molecule has 0 aliphatic carbocycles. The van der Waals surface area contributed by atoms with Gasteiger partial charge in [0.15, 0.2) is 0 Å². The van der Waals surface area contributed by atoms with Gasteiger partial charge in [-0.05, 0) is 12.2 Å². The fourth-order valence-electron chi connectivity index (χ4n) is 0.534. The number of aliphatic carboxylic acids is 1. The molecular weight excluding hydrogens is 120 g/mol. The summed E-state index contributed by atoms with van der Waals surface area (Å²) in [5, 5.41) is 8.38. The number of ether oxygens (including phenoxy) is 1. The van der Waals surface area contributed by atoms with Gasteiger partial charge in [0.05, 0.1) is 18.4 Å². The van der Waals surface area contributed by atoms with Crippen LogP contribution >= 0.6 is 0 Å². The van der Waals surface area contributed by atoms with Crippen LogP contribution in [-0.2, 0) is 9.53 Å². The first kappa shape index (κ1) is 5.88. The summed E-state index contributed by atoms with van der Waals surface area (Å²) in [5.41, 5.74) is 0. The quantitative estimate of drug-likeness (QED) is 0.563. The van der Waals surface area contributed by atoms with Gasteiger partial charge in [-0.25, -0.2) is 0 Å². The summed E-state index contributed by atoms with van der Waals surface area (Å²) < 4.78 is 4.63. The number of hydrogen-bond acceptors (Lipinski definition) is 2. The zero-order chi connectivity index (χ0) is 6.69. The Labute approximate surface area is 52.2 Å². The molecule has 0 aromatic heterocycles. The van der Waals surface area contributed by atoms with Gasteiger partial charge in [0.1, 0.15) is 0 Å².